The molecule has 0 spiro atoms. The van der Waals surface area contributed by atoms with Crippen molar-refractivity contribution in [3.8, 4) is 0 Å². The first-order valence-electron chi connectivity index (χ1n) is 12.0. The molecular formula is C24H30F2N8O3. The van der Waals surface area contributed by atoms with Gasteiger partial charge in [0, 0.05) is 44.5 Å². The van der Waals surface area contributed by atoms with Gasteiger partial charge in [-0.25, -0.2) is 14.6 Å². The van der Waals surface area contributed by atoms with E-state index in [0.29, 0.717) is 47.9 Å². The van der Waals surface area contributed by atoms with E-state index in [0.717, 1.165) is 11.3 Å². The number of halogens is 2. The van der Waals surface area contributed by atoms with Crippen molar-refractivity contribution >= 4 is 23.1 Å². The van der Waals surface area contributed by atoms with Gasteiger partial charge in [0.1, 0.15) is 18.2 Å². The topological polar surface area (TPSA) is 130 Å². The van der Waals surface area contributed by atoms with Crippen LogP contribution < -0.4 is 10.6 Å². The van der Waals surface area contributed by atoms with E-state index < -0.39 is 6.55 Å². The van der Waals surface area contributed by atoms with Crippen LogP contribution >= 0.6 is 0 Å². The molecule has 4 rings (SSSR count). The lowest BCUT2D eigenvalue weighted by molar-refractivity contribution is -0.135. The smallest absolute Gasteiger partial charge is 0.333 e. The van der Waals surface area contributed by atoms with Gasteiger partial charge in [-0.1, -0.05) is 13.0 Å². The van der Waals surface area contributed by atoms with Crippen molar-refractivity contribution in [2.45, 2.75) is 38.8 Å². The van der Waals surface area contributed by atoms with Crippen molar-refractivity contribution < 1.29 is 23.4 Å². The van der Waals surface area contributed by atoms with E-state index in [1.807, 2.05) is 18.2 Å². The fourth-order valence-corrected chi connectivity index (χ4v) is 4.23. The molecule has 1 saturated heterocycles. The molecule has 3 heterocycles. The second-order valence-corrected chi connectivity index (χ2v) is 8.75. The molecule has 2 aromatic heterocycles. The summed E-state index contributed by atoms with van der Waals surface area (Å²) in [6.07, 6.45) is 10.9. The van der Waals surface area contributed by atoms with E-state index >= 15 is 0 Å². The molecule has 198 valence electrons. The average Bonchev–Trinajstić information content (AvgIpc) is 3.26. The summed E-state index contributed by atoms with van der Waals surface area (Å²) in [6.45, 7) is 0.330. The number of carbonyl (C=O) groups is 1. The largest absolute Gasteiger partial charge is 0.488 e. The molecule has 0 unspecified atom stereocenters. The summed E-state index contributed by atoms with van der Waals surface area (Å²) < 4.78 is 32.5. The molecule has 1 aliphatic heterocycles. The highest BCUT2D eigenvalue weighted by molar-refractivity contribution is 5.76. The fourth-order valence-electron chi connectivity index (χ4n) is 4.23. The Kier molecular flexibility index (Phi) is 8.43. The Morgan fingerprint density at radius 1 is 1.32 bits per heavy atom. The van der Waals surface area contributed by atoms with Gasteiger partial charge in [0.05, 0.1) is 30.4 Å². The first-order chi connectivity index (χ1) is 17.9. The van der Waals surface area contributed by atoms with Gasteiger partial charge in [-0.05, 0) is 18.6 Å². The number of amides is 1. The van der Waals surface area contributed by atoms with Crippen LogP contribution in [0.25, 0.3) is 5.57 Å². The molecule has 37 heavy (non-hydrogen) atoms. The van der Waals surface area contributed by atoms with E-state index in [1.54, 1.807) is 11.9 Å². The SMILES string of the molecule is CNC1=CC(c2ncnc(Nc3cnn(C(F)F)c3)n2)=CCC=C1O[C@H]1CCN(C(=O)CCO)C[C@H]1C. The zero-order valence-corrected chi connectivity index (χ0v) is 20.6. The van der Waals surface area contributed by atoms with E-state index in [-0.39, 0.29) is 36.9 Å². The number of alkyl halides is 2. The quantitative estimate of drug-likeness (QED) is 0.460. The van der Waals surface area contributed by atoms with Crippen LogP contribution in [0.5, 0.6) is 0 Å². The van der Waals surface area contributed by atoms with Crippen molar-refractivity contribution in [3.05, 3.63) is 54.2 Å². The second kappa shape index (κ2) is 11.9. The number of hydrogen-bond acceptors (Lipinski definition) is 9. The van der Waals surface area contributed by atoms with Gasteiger partial charge in [-0.15, -0.1) is 0 Å². The highest BCUT2D eigenvalue weighted by Crippen LogP contribution is 2.28. The highest BCUT2D eigenvalue weighted by Gasteiger charge is 2.31. The maximum Gasteiger partial charge on any atom is 0.333 e. The Hall–Kier alpha value is -3.87. The van der Waals surface area contributed by atoms with Crippen molar-refractivity contribution in [1.82, 2.24) is 34.9 Å². The van der Waals surface area contributed by atoms with E-state index in [9.17, 15) is 13.6 Å². The number of nitrogens with zero attached hydrogens (tertiary/aromatic N) is 6. The number of likely N-dealkylation sites (N-methyl/N-ethyl adjacent to an activating group) is 1. The maximum absolute atomic E-state index is 12.8. The van der Waals surface area contributed by atoms with Crippen LogP contribution in [-0.4, -0.2) is 73.5 Å². The number of hydrogen-bond donors (Lipinski definition) is 3. The molecule has 2 aromatic rings. The van der Waals surface area contributed by atoms with Gasteiger partial charge in [0.2, 0.25) is 11.9 Å². The van der Waals surface area contributed by atoms with Crippen LogP contribution in [0.2, 0.25) is 0 Å². The number of nitrogens with one attached hydrogen (secondary N) is 2. The number of piperidine rings is 1. The molecule has 1 fully saturated rings. The third kappa shape index (κ3) is 6.47. The van der Waals surface area contributed by atoms with Crippen molar-refractivity contribution in [2.24, 2.45) is 5.92 Å². The molecule has 13 heteroatoms. The summed E-state index contributed by atoms with van der Waals surface area (Å²) >= 11 is 0. The van der Waals surface area contributed by atoms with E-state index in [1.165, 1.54) is 18.7 Å². The Balaban J connectivity index is 1.44. The number of aliphatic hydroxyl groups is 1. The first-order valence-corrected chi connectivity index (χ1v) is 12.0. The number of aromatic nitrogens is 5. The van der Waals surface area contributed by atoms with E-state index in [4.69, 9.17) is 9.84 Å². The monoisotopic (exact) mass is 516 g/mol. The van der Waals surface area contributed by atoms with E-state index in [2.05, 4.69) is 37.6 Å². The summed E-state index contributed by atoms with van der Waals surface area (Å²) in [5.74, 6) is 1.39. The molecule has 1 aliphatic carbocycles. The lowest BCUT2D eigenvalue weighted by atomic mass is 9.96. The van der Waals surface area contributed by atoms with Crippen LogP contribution in [0.4, 0.5) is 20.4 Å². The summed E-state index contributed by atoms with van der Waals surface area (Å²) in [6, 6.07) is 0. The summed E-state index contributed by atoms with van der Waals surface area (Å²) in [7, 11) is 1.80. The highest BCUT2D eigenvalue weighted by atomic mass is 19.3. The Morgan fingerprint density at radius 3 is 2.86 bits per heavy atom. The number of likely N-dealkylation sites (tertiary alicyclic amines) is 1. The summed E-state index contributed by atoms with van der Waals surface area (Å²) in [5, 5.41) is 18.7. The molecule has 0 bridgehead atoms. The second-order valence-electron chi connectivity index (χ2n) is 8.75. The van der Waals surface area contributed by atoms with Gasteiger partial charge in [0.15, 0.2) is 5.82 Å². The van der Waals surface area contributed by atoms with Gasteiger partial charge >= 0.3 is 6.55 Å². The Morgan fingerprint density at radius 2 is 2.16 bits per heavy atom. The molecule has 2 aliphatic rings. The van der Waals surface area contributed by atoms with Crippen LogP contribution in [0.3, 0.4) is 0 Å². The Bertz CT molecular complexity index is 1200. The Labute approximate surface area is 213 Å². The number of anilines is 2. The zero-order chi connectivity index (χ0) is 26.4. The fraction of sp³-hybridized carbons (Fsp3) is 0.458. The van der Waals surface area contributed by atoms with Gasteiger partial charge < -0.3 is 25.4 Å². The van der Waals surface area contributed by atoms with Gasteiger partial charge in [0.25, 0.3) is 0 Å². The minimum absolute atomic E-state index is 0.0415. The molecule has 0 aromatic carbocycles. The molecule has 3 N–H and O–H groups in total. The number of carbonyl (C=O) groups excluding carboxylic acids is 1. The van der Waals surface area contributed by atoms with Crippen LogP contribution in [-0.2, 0) is 9.53 Å². The zero-order valence-electron chi connectivity index (χ0n) is 20.6. The first kappa shape index (κ1) is 26.2. The minimum Gasteiger partial charge on any atom is -0.488 e. The number of ether oxygens (including phenoxy) is 1. The normalized spacial score (nSPS) is 20.1. The average molecular weight is 517 g/mol. The van der Waals surface area contributed by atoms with Crippen LogP contribution in [0.15, 0.2) is 48.4 Å². The van der Waals surface area contributed by atoms with Crippen molar-refractivity contribution in [3.63, 3.8) is 0 Å². The predicted octanol–water partition coefficient (Wildman–Crippen LogP) is 2.62. The molecular weight excluding hydrogens is 486 g/mol. The molecule has 1 amide bonds. The summed E-state index contributed by atoms with van der Waals surface area (Å²) in [4.78, 5) is 26.7. The predicted molar refractivity (Wildman–Crippen MR) is 131 cm³/mol. The standard InChI is InChI=1S/C24H30F2N8O3/c1-15-12-33(21(36)7-9-35)8-6-19(15)37-20-5-3-4-16(10-18(20)27-2)22-28-14-29-24(32-22)31-17-11-30-34(13-17)23(25)26/h4-5,10-11,13-15,19,23,27,35H,3,6-9,12H2,1-2H3,(H,28,29,31,32)/t15-,19+/m1/s1. The molecule has 0 saturated carbocycles. The molecule has 0 radical (unpaired) electrons. The third-order valence-corrected chi connectivity index (χ3v) is 6.15. The maximum atomic E-state index is 12.8. The number of allylic oxidation sites excluding steroid dienone is 4. The van der Waals surface area contributed by atoms with Crippen LogP contribution in [0.1, 0.15) is 38.6 Å². The van der Waals surface area contributed by atoms with Gasteiger partial charge in [-0.2, -0.15) is 18.9 Å². The van der Waals surface area contributed by atoms with Crippen LogP contribution in [0, 0.1) is 5.92 Å². The third-order valence-electron chi connectivity index (χ3n) is 6.15. The number of rotatable bonds is 9. The minimum atomic E-state index is -2.74. The molecule has 11 nitrogen and oxygen atoms in total. The lowest BCUT2D eigenvalue weighted by Gasteiger charge is -2.37. The van der Waals surface area contributed by atoms with Crippen molar-refractivity contribution in [1.29, 1.82) is 0 Å². The van der Waals surface area contributed by atoms with Gasteiger partial charge in [-0.3, -0.25) is 4.79 Å². The number of aliphatic hydroxyl groups excluding tert-OH is 1. The van der Waals surface area contributed by atoms with Crippen molar-refractivity contribution in [2.75, 3.05) is 32.1 Å². The summed E-state index contributed by atoms with van der Waals surface area (Å²) in [5.41, 5.74) is 1.82. The lowest BCUT2D eigenvalue weighted by Crippen LogP contribution is -2.46. The molecule has 2 atom stereocenters.